The van der Waals surface area contributed by atoms with Crippen LogP contribution in [-0.4, -0.2) is 24.0 Å². The van der Waals surface area contributed by atoms with Crippen molar-refractivity contribution in [1.29, 1.82) is 0 Å². The van der Waals surface area contributed by atoms with E-state index in [1.165, 1.54) is 0 Å². The molecule has 0 N–H and O–H groups in total. The molecule has 1 aliphatic rings. The lowest BCUT2D eigenvalue weighted by Gasteiger charge is -2.20. The zero-order valence-corrected chi connectivity index (χ0v) is 10.0. The van der Waals surface area contributed by atoms with E-state index in [0.29, 0.717) is 11.5 Å². The van der Waals surface area contributed by atoms with Crippen molar-refractivity contribution in [3.05, 3.63) is 0 Å². The Hall–Kier alpha value is 0.300. The number of hydrogen-bond donors (Lipinski definition) is 0. The summed E-state index contributed by atoms with van der Waals surface area (Å²) < 4.78 is 22.8. The Kier molecular flexibility index (Phi) is 4.10. The molecule has 0 aliphatic carbocycles. The van der Waals surface area contributed by atoms with Gasteiger partial charge in [-0.2, -0.15) is 0 Å². The highest BCUT2D eigenvalue weighted by Gasteiger charge is 2.42. The molecule has 1 rings (SSSR count). The first-order valence-electron chi connectivity index (χ1n) is 4.88. The third kappa shape index (κ3) is 2.40. The molecular formula is C9H18O2S2. The van der Waals surface area contributed by atoms with Gasteiger partial charge < -0.3 is 0 Å². The second kappa shape index (κ2) is 4.69. The minimum Gasteiger partial charge on any atom is -0.258 e. The third-order valence-corrected chi connectivity index (χ3v) is 7.51. The van der Waals surface area contributed by atoms with Crippen LogP contribution in [0.4, 0.5) is 0 Å². The molecule has 0 aromatic rings. The molecule has 4 heteroatoms. The van der Waals surface area contributed by atoms with Gasteiger partial charge in [0.15, 0.2) is 0 Å². The third-order valence-electron chi connectivity index (χ3n) is 2.65. The first-order chi connectivity index (χ1) is 6.11. The van der Waals surface area contributed by atoms with Crippen LogP contribution in [-0.2, 0) is 21.6 Å². The monoisotopic (exact) mass is 222 g/mol. The molecule has 13 heavy (non-hydrogen) atoms. The van der Waals surface area contributed by atoms with Gasteiger partial charge in [-0.25, -0.2) is 0 Å². The summed E-state index contributed by atoms with van der Waals surface area (Å²) in [5, 5.41) is 0. The van der Waals surface area contributed by atoms with Crippen molar-refractivity contribution >= 4 is 21.6 Å². The lowest BCUT2D eigenvalue weighted by molar-refractivity contribution is 0.602. The number of hydrogen-bond acceptors (Lipinski definition) is 2. The SMILES string of the molecule is CCCCCC1(C)[S@@](=O)CC[S@@]1=O. The van der Waals surface area contributed by atoms with Crippen molar-refractivity contribution in [2.45, 2.75) is 43.6 Å². The fourth-order valence-corrected chi connectivity index (χ4v) is 5.76. The van der Waals surface area contributed by atoms with E-state index in [-0.39, 0.29) is 0 Å². The van der Waals surface area contributed by atoms with Gasteiger partial charge in [0, 0.05) is 33.1 Å². The maximum atomic E-state index is 11.6. The summed E-state index contributed by atoms with van der Waals surface area (Å²) in [7, 11) is -1.72. The van der Waals surface area contributed by atoms with Crippen LogP contribution >= 0.6 is 0 Å². The first kappa shape index (κ1) is 11.4. The molecule has 2 nitrogen and oxygen atoms in total. The fourth-order valence-electron chi connectivity index (χ4n) is 1.61. The molecule has 0 aromatic heterocycles. The summed E-state index contributed by atoms with van der Waals surface area (Å²) in [6.45, 7) is 4.06. The van der Waals surface area contributed by atoms with Crippen molar-refractivity contribution in [2.75, 3.05) is 11.5 Å². The topological polar surface area (TPSA) is 34.1 Å². The predicted octanol–water partition coefficient (Wildman–Crippen LogP) is 1.79. The first-order valence-corrected chi connectivity index (χ1v) is 7.52. The van der Waals surface area contributed by atoms with Crippen molar-refractivity contribution < 1.29 is 8.42 Å². The van der Waals surface area contributed by atoms with Gasteiger partial charge in [0.2, 0.25) is 0 Å². The van der Waals surface area contributed by atoms with Crippen LogP contribution in [0.25, 0.3) is 0 Å². The standard InChI is InChI=1S/C9H18O2S2/c1-3-4-5-6-9(2)12(10)7-8-13(9)11/h3-8H2,1-2H3/t12-,13-/m0/s1. The van der Waals surface area contributed by atoms with Gasteiger partial charge in [-0.15, -0.1) is 0 Å². The molecule has 0 amide bonds. The largest absolute Gasteiger partial charge is 0.258 e. The van der Waals surface area contributed by atoms with Crippen LogP contribution < -0.4 is 0 Å². The molecule has 1 heterocycles. The average molecular weight is 222 g/mol. The minimum absolute atomic E-state index is 0.394. The smallest absolute Gasteiger partial charge is 0.118 e. The van der Waals surface area contributed by atoms with E-state index in [1.54, 1.807) is 0 Å². The van der Waals surface area contributed by atoms with Gasteiger partial charge in [-0.3, -0.25) is 8.42 Å². The molecule has 1 aliphatic heterocycles. The molecule has 0 spiro atoms. The van der Waals surface area contributed by atoms with E-state index in [4.69, 9.17) is 0 Å². The maximum Gasteiger partial charge on any atom is 0.118 e. The Morgan fingerprint density at radius 2 is 1.69 bits per heavy atom. The highest BCUT2D eigenvalue weighted by atomic mass is 32.3. The van der Waals surface area contributed by atoms with Crippen molar-refractivity contribution in [3.8, 4) is 0 Å². The van der Waals surface area contributed by atoms with E-state index < -0.39 is 25.7 Å². The molecule has 1 fully saturated rings. The van der Waals surface area contributed by atoms with E-state index in [0.717, 1.165) is 25.7 Å². The van der Waals surface area contributed by atoms with E-state index in [1.807, 2.05) is 6.92 Å². The lowest BCUT2D eigenvalue weighted by Crippen LogP contribution is -2.30. The van der Waals surface area contributed by atoms with Gasteiger partial charge in [0.25, 0.3) is 0 Å². The highest BCUT2D eigenvalue weighted by molar-refractivity contribution is 8.07. The van der Waals surface area contributed by atoms with Crippen LogP contribution in [0.1, 0.15) is 39.5 Å². The minimum atomic E-state index is -0.860. The Bertz CT molecular complexity index is 210. The molecule has 78 valence electrons. The Morgan fingerprint density at radius 3 is 2.15 bits per heavy atom. The Balaban J connectivity index is 2.53. The normalized spacial score (nSPS) is 32.2. The molecule has 0 radical (unpaired) electrons. The molecular weight excluding hydrogens is 204 g/mol. The van der Waals surface area contributed by atoms with Gasteiger partial charge >= 0.3 is 0 Å². The quantitative estimate of drug-likeness (QED) is 0.680. The Labute approximate surface area is 85.4 Å². The van der Waals surface area contributed by atoms with E-state index in [9.17, 15) is 8.42 Å². The summed E-state index contributed by atoms with van der Waals surface area (Å²) in [6, 6.07) is 0. The fraction of sp³-hybridized carbons (Fsp3) is 1.00. The van der Waals surface area contributed by atoms with Gasteiger partial charge in [-0.05, 0) is 13.3 Å². The second-order valence-electron chi connectivity index (χ2n) is 3.69. The molecule has 2 atom stereocenters. The van der Waals surface area contributed by atoms with Gasteiger partial charge in [0.05, 0.1) is 0 Å². The summed E-state index contributed by atoms with van der Waals surface area (Å²) in [5.74, 6) is 1.27. The zero-order valence-electron chi connectivity index (χ0n) is 8.38. The molecule has 0 unspecified atom stereocenters. The van der Waals surface area contributed by atoms with Gasteiger partial charge in [-0.1, -0.05) is 26.2 Å². The van der Waals surface area contributed by atoms with Crippen LogP contribution in [0.2, 0.25) is 0 Å². The summed E-state index contributed by atoms with van der Waals surface area (Å²) in [5.41, 5.74) is 0. The van der Waals surface area contributed by atoms with E-state index >= 15 is 0 Å². The number of rotatable bonds is 4. The van der Waals surface area contributed by atoms with Crippen LogP contribution in [0, 0.1) is 0 Å². The molecule has 0 aromatic carbocycles. The van der Waals surface area contributed by atoms with E-state index in [2.05, 4.69) is 6.92 Å². The van der Waals surface area contributed by atoms with Crippen LogP contribution in [0.15, 0.2) is 0 Å². The number of unbranched alkanes of at least 4 members (excludes halogenated alkanes) is 2. The molecule has 1 saturated heterocycles. The molecule has 0 bridgehead atoms. The molecule has 0 saturated carbocycles. The second-order valence-corrected chi connectivity index (χ2v) is 7.95. The predicted molar refractivity (Wildman–Crippen MR) is 58.6 cm³/mol. The van der Waals surface area contributed by atoms with Crippen molar-refractivity contribution in [1.82, 2.24) is 0 Å². The summed E-state index contributed by atoms with van der Waals surface area (Å²) in [4.78, 5) is 0. The summed E-state index contributed by atoms with van der Waals surface area (Å²) >= 11 is 0. The van der Waals surface area contributed by atoms with Crippen molar-refractivity contribution in [3.63, 3.8) is 0 Å². The van der Waals surface area contributed by atoms with Crippen LogP contribution in [0.3, 0.4) is 0 Å². The zero-order chi connectivity index (χ0) is 9.90. The highest BCUT2D eigenvalue weighted by Crippen LogP contribution is 2.31. The maximum absolute atomic E-state index is 11.6. The Morgan fingerprint density at radius 1 is 1.15 bits per heavy atom. The van der Waals surface area contributed by atoms with Gasteiger partial charge in [0.1, 0.15) is 4.08 Å². The summed E-state index contributed by atoms with van der Waals surface area (Å²) in [6.07, 6.45) is 4.24. The van der Waals surface area contributed by atoms with Crippen LogP contribution in [0.5, 0.6) is 0 Å². The van der Waals surface area contributed by atoms with Crippen molar-refractivity contribution in [2.24, 2.45) is 0 Å². The lowest BCUT2D eigenvalue weighted by atomic mass is 10.2. The average Bonchev–Trinajstić information content (AvgIpc) is 2.35.